The van der Waals surface area contributed by atoms with Crippen molar-refractivity contribution in [2.24, 2.45) is 9.98 Å². The molecule has 0 spiro atoms. The average Bonchev–Trinajstić information content (AvgIpc) is 3.05. The van der Waals surface area contributed by atoms with Crippen LogP contribution in [0.4, 0.5) is 0 Å². The molecule has 0 aromatic heterocycles. The van der Waals surface area contributed by atoms with Gasteiger partial charge in [0.1, 0.15) is 0 Å². The van der Waals surface area contributed by atoms with Crippen molar-refractivity contribution >= 4 is 12.4 Å². The SMILES string of the molecule is C1=NC=c2ccccc2=NC1.c1ccc2c(c1)CCc1c-2ccc2c1CCCC2. The van der Waals surface area contributed by atoms with Crippen molar-refractivity contribution in [1.29, 1.82) is 0 Å². The zero-order valence-electron chi connectivity index (χ0n) is 16.8. The van der Waals surface area contributed by atoms with E-state index in [0.29, 0.717) is 6.54 Å². The van der Waals surface area contributed by atoms with E-state index in [9.17, 15) is 0 Å². The number of hydrogen-bond donors (Lipinski definition) is 0. The van der Waals surface area contributed by atoms with Crippen LogP contribution in [0.1, 0.15) is 35.1 Å². The Hall–Kier alpha value is -3.00. The van der Waals surface area contributed by atoms with Gasteiger partial charge in [-0.15, -0.1) is 0 Å². The van der Waals surface area contributed by atoms with Gasteiger partial charge in [-0.2, -0.15) is 0 Å². The molecule has 0 atom stereocenters. The van der Waals surface area contributed by atoms with Crippen LogP contribution in [0.15, 0.2) is 70.6 Å². The van der Waals surface area contributed by atoms with Crippen LogP contribution < -0.4 is 10.6 Å². The van der Waals surface area contributed by atoms with Crippen molar-refractivity contribution in [2.45, 2.75) is 38.5 Å². The predicted octanol–water partition coefficient (Wildman–Crippen LogP) is 4.46. The minimum absolute atomic E-state index is 0.688. The quantitative estimate of drug-likeness (QED) is 0.552. The van der Waals surface area contributed by atoms with Crippen LogP contribution >= 0.6 is 0 Å². The first-order valence-corrected chi connectivity index (χ1v) is 10.7. The second-order valence-electron chi connectivity index (χ2n) is 7.95. The molecule has 1 aliphatic heterocycles. The van der Waals surface area contributed by atoms with E-state index in [1.165, 1.54) is 55.2 Å². The van der Waals surface area contributed by atoms with E-state index in [1.54, 1.807) is 22.9 Å². The number of para-hydroxylation sites is 1. The lowest BCUT2D eigenvalue weighted by Gasteiger charge is -2.26. The molecule has 0 bridgehead atoms. The van der Waals surface area contributed by atoms with Crippen molar-refractivity contribution < 1.29 is 0 Å². The lowest BCUT2D eigenvalue weighted by Crippen LogP contribution is -2.23. The molecule has 0 N–H and O–H groups in total. The van der Waals surface area contributed by atoms with E-state index in [4.69, 9.17) is 0 Å². The smallest absolute Gasteiger partial charge is 0.0749 e. The highest BCUT2D eigenvalue weighted by atomic mass is 14.8. The van der Waals surface area contributed by atoms with Crippen LogP contribution in [0.25, 0.3) is 17.3 Å². The van der Waals surface area contributed by atoms with Crippen molar-refractivity contribution in [2.75, 3.05) is 6.54 Å². The van der Waals surface area contributed by atoms with Gasteiger partial charge in [-0.3, -0.25) is 9.98 Å². The summed E-state index contributed by atoms with van der Waals surface area (Å²) in [5.41, 5.74) is 9.49. The summed E-state index contributed by atoms with van der Waals surface area (Å²) in [6, 6.07) is 21.7. The molecule has 0 fully saturated rings. The van der Waals surface area contributed by atoms with Gasteiger partial charge >= 0.3 is 0 Å². The molecule has 3 aliphatic rings. The van der Waals surface area contributed by atoms with E-state index in [-0.39, 0.29) is 0 Å². The maximum atomic E-state index is 4.31. The average molecular weight is 379 g/mol. The summed E-state index contributed by atoms with van der Waals surface area (Å²) < 4.78 is 0. The van der Waals surface area contributed by atoms with Gasteiger partial charge in [-0.05, 0) is 78.0 Å². The van der Waals surface area contributed by atoms with Crippen molar-refractivity contribution in [3.63, 3.8) is 0 Å². The molecule has 1 heterocycles. The molecular weight excluding hydrogens is 352 g/mol. The van der Waals surface area contributed by atoms with Crippen molar-refractivity contribution in [3.05, 3.63) is 93.5 Å². The Morgan fingerprint density at radius 3 is 2.48 bits per heavy atom. The van der Waals surface area contributed by atoms with Crippen molar-refractivity contribution in [3.8, 4) is 11.1 Å². The monoisotopic (exact) mass is 378 g/mol. The van der Waals surface area contributed by atoms with Crippen LogP contribution in [0.3, 0.4) is 0 Å². The predicted molar refractivity (Wildman–Crippen MR) is 121 cm³/mol. The molecule has 29 heavy (non-hydrogen) atoms. The summed E-state index contributed by atoms with van der Waals surface area (Å²) in [6.07, 6.45) is 11.5. The third-order valence-electron chi connectivity index (χ3n) is 6.20. The lowest BCUT2D eigenvalue weighted by atomic mass is 9.78. The van der Waals surface area contributed by atoms with Gasteiger partial charge in [0.2, 0.25) is 0 Å². The number of aliphatic imine (C=N–C) groups is 1. The molecule has 3 aromatic carbocycles. The number of fused-ring (bicyclic) bond motifs is 6. The normalized spacial score (nSPS) is 15.7. The molecule has 0 amide bonds. The standard InChI is InChI=1S/C18H18.C9H8N2/c1-3-7-15-13(5-1)9-11-18-16-8-4-2-6-14(16)10-12-17(15)18;1-2-4-9-8(3-1)7-10-5-6-11-9/h1,3,5,7,10,12H,2,4,6,8-9,11H2;1-5,7H,6H2. The molecule has 0 unspecified atom stereocenters. The summed E-state index contributed by atoms with van der Waals surface area (Å²) in [4.78, 5) is 8.37. The van der Waals surface area contributed by atoms with Gasteiger partial charge in [0.25, 0.3) is 0 Å². The fourth-order valence-electron chi connectivity index (χ4n) is 4.76. The molecule has 0 saturated carbocycles. The van der Waals surface area contributed by atoms with Crippen molar-refractivity contribution in [1.82, 2.24) is 0 Å². The Balaban J connectivity index is 0.000000142. The molecule has 6 rings (SSSR count). The van der Waals surface area contributed by atoms with E-state index in [1.807, 2.05) is 30.5 Å². The van der Waals surface area contributed by atoms with Gasteiger partial charge in [0, 0.05) is 17.6 Å². The Labute approximate surface area is 172 Å². The number of rotatable bonds is 0. The second kappa shape index (κ2) is 8.16. The molecule has 3 aromatic rings. The van der Waals surface area contributed by atoms with Gasteiger partial charge < -0.3 is 0 Å². The molecule has 144 valence electrons. The summed E-state index contributed by atoms with van der Waals surface area (Å²) in [5.74, 6) is 0. The minimum atomic E-state index is 0.688. The molecule has 0 radical (unpaired) electrons. The Morgan fingerprint density at radius 2 is 1.48 bits per heavy atom. The van der Waals surface area contributed by atoms with Crippen LogP contribution in [0, 0.1) is 0 Å². The van der Waals surface area contributed by atoms with Gasteiger partial charge in [-0.25, -0.2) is 0 Å². The zero-order chi connectivity index (χ0) is 19.5. The van der Waals surface area contributed by atoms with E-state index in [0.717, 1.165) is 10.6 Å². The van der Waals surface area contributed by atoms with Crippen LogP contribution in [-0.2, 0) is 25.7 Å². The first-order valence-electron chi connectivity index (χ1n) is 10.7. The number of aryl methyl sites for hydroxylation is 2. The first-order chi connectivity index (χ1) is 14.4. The Bertz CT molecular complexity index is 1190. The Morgan fingerprint density at radius 1 is 0.621 bits per heavy atom. The van der Waals surface area contributed by atoms with E-state index >= 15 is 0 Å². The Kier molecular flexibility index (Phi) is 5.08. The summed E-state index contributed by atoms with van der Waals surface area (Å²) >= 11 is 0. The molecule has 2 nitrogen and oxygen atoms in total. The number of nitrogens with zero attached hydrogens (tertiary/aromatic N) is 2. The number of benzene rings is 3. The first kappa shape index (κ1) is 18.1. The van der Waals surface area contributed by atoms with Crippen LogP contribution in [0.2, 0.25) is 0 Å². The van der Waals surface area contributed by atoms with Crippen LogP contribution in [-0.4, -0.2) is 12.8 Å². The van der Waals surface area contributed by atoms with Crippen LogP contribution in [0.5, 0.6) is 0 Å². The van der Waals surface area contributed by atoms with E-state index in [2.05, 4.69) is 46.4 Å². The fraction of sp³-hybridized carbons (Fsp3) is 0.259. The second-order valence-corrected chi connectivity index (χ2v) is 7.95. The fourth-order valence-corrected chi connectivity index (χ4v) is 4.76. The minimum Gasteiger partial charge on any atom is -0.279 e. The highest BCUT2D eigenvalue weighted by Crippen LogP contribution is 2.38. The van der Waals surface area contributed by atoms with Gasteiger partial charge in [-0.1, -0.05) is 54.6 Å². The topological polar surface area (TPSA) is 24.7 Å². The lowest BCUT2D eigenvalue weighted by molar-refractivity contribution is 0.676. The third-order valence-corrected chi connectivity index (χ3v) is 6.20. The maximum Gasteiger partial charge on any atom is 0.0749 e. The van der Waals surface area contributed by atoms with E-state index < -0.39 is 0 Å². The van der Waals surface area contributed by atoms with Gasteiger partial charge in [0.05, 0.1) is 11.9 Å². The summed E-state index contributed by atoms with van der Waals surface area (Å²) in [5, 5.41) is 2.13. The summed E-state index contributed by atoms with van der Waals surface area (Å²) in [6.45, 7) is 0.688. The van der Waals surface area contributed by atoms with Gasteiger partial charge in [0.15, 0.2) is 0 Å². The zero-order valence-corrected chi connectivity index (χ0v) is 16.8. The summed E-state index contributed by atoms with van der Waals surface area (Å²) in [7, 11) is 0. The third kappa shape index (κ3) is 3.67. The highest BCUT2D eigenvalue weighted by Gasteiger charge is 2.21. The number of hydrogen-bond acceptors (Lipinski definition) is 2. The largest absolute Gasteiger partial charge is 0.279 e. The molecule has 2 heteroatoms. The molecular formula is C27H26N2. The maximum absolute atomic E-state index is 4.31. The molecule has 0 saturated heterocycles. The molecule has 2 aliphatic carbocycles. The highest BCUT2D eigenvalue weighted by molar-refractivity contribution is 5.75.